The quantitative estimate of drug-likeness (QED) is 0.787. The van der Waals surface area contributed by atoms with E-state index in [0.717, 1.165) is 25.7 Å². The van der Waals surface area contributed by atoms with E-state index in [-0.39, 0.29) is 12.1 Å². The van der Waals surface area contributed by atoms with Crippen LogP contribution in [-0.2, 0) is 19.3 Å². The second-order valence-electron chi connectivity index (χ2n) is 7.93. The Labute approximate surface area is 156 Å². The number of piperidine rings is 1. The SMILES string of the molecule is CCCCC1(S(=O)(=O)c2ccccc2)C[C@H]2N(C)[C@@H]1CCC21OCCO1. The van der Waals surface area contributed by atoms with E-state index in [2.05, 4.69) is 18.9 Å². The summed E-state index contributed by atoms with van der Waals surface area (Å²) in [5.41, 5.74) is 0. The molecule has 3 atom stereocenters. The van der Waals surface area contributed by atoms with E-state index < -0.39 is 20.4 Å². The van der Waals surface area contributed by atoms with Crippen molar-refractivity contribution in [1.29, 1.82) is 0 Å². The lowest BCUT2D eigenvalue weighted by atomic mass is 9.91. The molecule has 2 bridgehead atoms. The van der Waals surface area contributed by atoms with Gasteiger partial charge in [0, 0.05) is 12.5 Å². The Bertz CT molecular complexity index is 744. The molecule has 0 aliphatic carbocycles. The molecule has 1 unspecified atom stereocenters. The molecule has 3 heterocycles. The maximum absolute atomic E-state index is 13.8. The Morgan fingerprint density at radius 3 is 2.50 bits per heavy atom. The van der Waals surface area contributed by atoms with E-state index in [1.54, 1.807) is 12.1 Å². The van der Waals surface area contributed by atoms with Gasteiger partial charge in [0.05, 0.1) is 28.9 Å². The number of rotatable bonds is 5. The van der Waals surface area contributed by atoms with Gasteiger partial charge in [0.15, 0.2) is 15.6 Å². The number of nitrogens with zero attached hydrogens (tertiary/aromatic N) is 1. The number of unbranched alkanes of at least 4 members (excludes halogenated alkanes) is 1. The van der Waals surface area contributed by atoms with Crippen molar-refractivity contribution >= 4 is 9.84 Å². The fourth-order valence-electron chi connectivity index (χ4n) is 5.44. The van der Waals surface area contributed by atoms with E-state index >= 15 is 0 Å². The highest BCUT2D eigenvalue weighted by molar-refractivity contribution is 7.93. The molecule has 4 rings (SSSR count). The molecule has 5 nitrogen and oxygen atoms in total. The predicted octanol–water partition coefficient (Wildman–Crippen LogP) is 3.00. The minimum absolute atomic E-state index is 0.000839. The average molecular weight is 380 g/mol. The van der Waals surface area contributed by atoms with Crippen molar-refractivity contribution in [1.82, 2.24) is 4.90 Å². The van der Waals surface area contributed by atoms with Gasteiger partial charge in [-0.15, -0.1) is 0 Å². The van der Waals surface area contributed by atoms with Gasteiger partial charge in [0.25, 0.3) is 0 Å². The lowest BCUT2D eigenvalue weighted by Gasteiger charge is -2.44. The molecular weight excluding hydrogens is 350 g/mol. The summed E-state index contributed by atoms with van der Waals surface area (Å²) in [4.78, 5) is 2.68. The summed E-state index contributed by atoms with van der Waals surface area (Å²) in [6.45, 7) is 3.32. The van der Waals surface area contributed by atoms with Crippen molar-refractivity contribution in [2.45, 2.75) is 73.0 Å². The Balaban J connectivity index is 1.79. The van der Waals surface area contributed by atoms with Gasteiger partial charge in [0.2, 0.25) is 0 Å². The van der Waals surface area contributed by atoms with Crippen LogP contribution in [0.4, 0.5) is 0 Å². The number of fused-ring (bicyclic) bond motifs is 3. The molecule has 1 spiro atoms. The van der Waals surface area contributed by atoms with Crippen LogP contribution in [0.15, 0.2) is 35.2 Å². The lowest BCUT2D eigenvalue weighted by Crippen LogP contribution is -2.56. The summed E-state index contributed by atoms with van der Waals surface area (Å²) in [5, 5.41) is 0. The minimum atomic E-state index is -3.46. The first kappa shape index (κ1) is 18.4. The van der Waals surface area contributed by atoms with Crippen LogP contribution >= 0.6 is 0 Å². The third-order valence-electron chi connectivity index (χ3n) is 6.72. The van der Waals surface area contributed by atoms with Crippen molar-refractivity contribution in [3.05, 3.63) is 30.3 Å². The first-order chi connectivity index (χ1) is 12.5. The maximum Gasteiger partial charge on any atom is 0.185 e. The van der Waals surface area contributed by atoms with Gasteiger partial charge in [-0.1, -0.05) is 38.0 Å². The normalized spacial score (nSPS) is 33.8. The summed E-state index contributed by atoms with van der Waals surface area (Å²) in [5.74, 6) is -0.620. The molecule has 1 aromatic carbocycles. The zero-order chi connectivity index (χ0) is 18.4. The van der Waals surface area contributed by atoms with Gasteiger partial charge >= 0.3 is 0 Å². The first-order valence-corrected chi connectivity index (χ1v) is 11.2. The highest BCUT2D eigenvalue weighted by atomic mass is 32.2. The molecule has 3 aliphatic rings. The molecule has 0 radical (unpaired) electrons. The summed E-state index contributed by atoms with van der Waals surface area (Å²) in [7, 11) is -1.41. The number of ether oxygens (including phenoxy) is 2. The lowest BCUT2D eigenvalue weighted by molar-refractivity contribution is -0.215. The molecule has 6 heteroatoms. The number of benzene rings is 1. The van der Waals surface area contributed by atoms with Crippen molar-refractivity contribution in [3.63, 3.8) is 0 Å². The molecule has 0 amide bonds. The van der Waals surface area contributed by atoms with Crippen LogP contribution < -0.4 is 0 Å². The number of hydrogen-bond acceptors (Lipinski definition) is 5. The van der Waals surface area contributed by atoms with Crippen LogP contribution in [0.1, 0.15) is 45.4 Å². The molecule has 3 fully saturated rings. The van der Waals surface area contributed by atoms with Crippen molar-refractivity contribution in [2.24, 2.45) is 0 Å². The van der Waals surface area contributed by atoms with E-state index in [1.807, 2.05) is 18.2 Å². The van der Waals surface area contributed by atoms with E-state index in [1.165, 1.54) is 0 Å². The zero-order valence-electron chi connectivity index (χ0n) is 15.7. The van der Waals surface area contributed by atoms with Gasteiger partial charge in [-0.05, 0) is 38.4 Å². The van der Waals surface area contributed by atoms with Crippen LogP contribution in [0.25, 0.3) is 0 Å². The maximum atomic E-state index is 13.8. The monoisotopic (exact) mass is 379 g/mol. The first-order valence-electron chi connectivity index (χ1n) is 9.76. The standard InChI is InChI=1S/C20H29NO4S/c1-3-4-11-19(26(22,23)16-8-6-5-7-9-16)15-18-20(24-13-14-25-20)12-10-17(19)21(18)2/h5-9,17-18H,3-4,10-15H2,1-2H3/t17-,18-,19?/m1/s1. The van der Waals surface area contributed by atoms with Crippen LogP contribution in [-0.4, -0.2) is 56.2 Å². The minimum Gasteiger partial charge on any atom is -0.346 e. The third-order valence-corrected chi connectivity index (χ3v) is 9.33. The predicted molar refractivity (Wildman–Crippen MR) is 99.7 cm³/mol. The Morgan fingerprint density at radius 1 is 1.15 bits per heavy atom. The topological polar surface area (TPSA) is 55.8 Å². The molecule has 26 heavy (non-hydrogen) atoms. The summed E-state index contributed by atoms with van der Waals surface area (Å²) in [6, 6.07) is 8.99. The number of likely N-dealkylation sites (N-methyl/N-ethyl adjacent to an activating group) is 1. The van der Waals surface area contributed by atoms with Gasteiger partial charge < -0.3 is 9.47 Å². The fourth-order valence-corrected chi connectivity index (χ4v) is 7.86. The molecule has 0 saturated carbocycles. The molecular formula is C20H29NO4S. The van der Waals surface area contributed by atoms with Gasteiger partial charge in [0.1, 0.15) is 0 Å². The Kier molecular flexibility index (Phi) is 4.66. The van der Waals surface area contributed by atoms with E-state index in [4.69, 9.17) is 9.47 Å². The number of hydrogen-bond donors (Lipinski definition) is 0. The van der Waals surface area contributed by atoms with Gasteiger partial charge in [-0.2, -0.15) is 0 Å². The van der Waals surface area contributed by atoms with Gasteiger partial charge in [-0.3, -0.25) is 4.90 Å². The fraction of sp³-hybridized carbons (Fsp3) is 0.700. The van der Waals surface area contributed by atoms with Crippen LogP contribution in [0.5, 0.6) is 0 Å². The zero-order valence-corrected chi connectivity index (χ0v) is 16.5. The smallest absolute Gasteiger partial charge is 0.185 e. The average Bonchev–Trinajstić information content (AvgIpc) is 3.18. The van der Waals surface area contributed by atoms with Crippen LogP contribution in [0.2, 0.25) is 0 Å². The number of sulfone groups is 1. The molecule has 144 valence electrons. The largest absolute Gasteiger partial charge is 0.346 e. The van der Waals surface area contributed by atoms with Crippen LogP contribution in [0, 0.1) is 0 Å². The van der Waals surface area contributed by atoms with E-state index in [0.29, 0.717) is 31.0 Å². The van der Waals surface area contributed by atoms with Crippen molar-refractivity contribution in [3.8, 4) is 0 Å². The van der Waals surface area contributed by atoms with Crippen molar-refractivity contribution < 1.29 is 17.9 Å². The molecule has 3 saturated heterocycles. The highest BCUT2D eigenvalue weighted by Gasteiger charge is 2.66. The molecule has 0 N–H and O–H groups in total. The van der Waals surface area contributed by atoms with E-state index in [9.17, 15) is 8.42 Å². The second-order valence-corrected chi connectivity index (χ2v) is 10.2. The Hall–Kier alpha value is -0.950. The summed E-state index contributed by atoms with van der Waals surface area (Å²) < 4.78 is 39.0. The Morgan fingerprint density at radius 2 is 1.85 bits per heavy atom. The van der Waals surface area contributed by atoms with Crippen LogP contribution in [0.3, 0.4) is 0 Å². The molecule has 1 aromatic rings. The summed E-state index contributed by atoms with van der Waals surface area (Å²) in [6.07, 6.45) is 4.77. The van der Waals surface area contributed by atoms with Crippen molar-refractivity contribution in [2.75, 3.05) is 20.3 Å². The van der Waals surface area contributed by atoms with Gasteiger partial charge in [-0.25, -0.2) is 8.42 Å². The molecule has 3 aliphatic heterocycles. The second kappa shape index (κ2) is 6.59. The summed E-state index contributed by atoms with van der Waals surface area (Å²) >= 11 is 0. The third kappa shape index (κ3) is 2.49. The molecule has 0 aromatic heterocycles. The highest BCUT2D eigenvalue weighted by Crippen LogP contribution is 2.55.